The lowest BCUT2D eigenvalue weighted by atomic mass is 10.0. The van der Waals surface area contributed by atoms with Gasteiger partial charge in [-0.15, -0.1) is 23.2 Å². The number of anilines is 3. The maximum absolute atomic E-state index is 13.8. The molecule has 1 fully saturated rings. The second kappa shape index (κ2) is 13.4. The van der Waals surface area contributed by atoms with E-state index in [1.54, 1.807) is 15.3 Å². The zero-order chi connectivity index (χ0) is 30.6. The molecule has 0 radical (unpaired) electrons. The van der Waals surface area contributed by atoms with Crippen LogP contribution >= 0.6 is 23.2 Å². The molecule has 0 saturated carbocycles. The van der Waals surface area contributed by atoms with Gasteiger partial charge < -0.3 is 20.0 Å². The van der Waals surface area contributed by atoms with Crippen LogP contribution in [0.2, 0.25) is 0 Å². The Labute approximate surface area is 263 Å². The zero-order valence-corrected chi connectivity index (χ0v) is 26.5. The van der Waals surface area contributed by atoms with Crippen LogP contribution in [-0.2, 0) is 4.79 Å². The standard InChI is InChI=1S/C32H39Cl2N7O2/c1-23-8-7-9-28-29(23)37-31(39-17-14-26(22-39)35-30(42)24(2)41(3)20-5-4-6-21-41)40(28)32(43)36-25-10-12-27(13-11-25)38(18-15-33)19-16-34/h7-14,17,22,24H,4-6,15-16,18-21H2,1-3H3,(H-,35,36,42,43)/p+1. The number of halogens is 2. The summed E-state index contributed by atoms with van der Waals surface area (Å²) in [6.45, 7) is 7.36. The van der Waals surface area contributed by atoms with Crippen molar-refractivity contribution in [3.8, 4) is 5.95 Å². The van der Waals surface area contributed by atoms with Gasteiger partial charge in [0.05, 0.1) is 36.9 Å². The van der Waals surface area contributed by atoms with Crippen LogP contribution in [0.5, 0.6) is 0 Å². The predicted molar refractivity (Wildman–Crippen MR) is 176 cm³/mol. The van der Waals surface area contributed by atoms with E-state index in [-0.39, 0.29) is 18.0 Å². The quantitative estimate of drug-likeness (QED) is 0.157. The Kier molecular flexibility index (Phi) is 9.64. The van der Waals surface area contributed by atoms with Crippen LogP contribution in [0, 0.1) is 6.92 Å². The summed E-state index contributed by atoms with van der Waals surface area (Å²) in [6.07, 6.45) is 7.14. The number of aromatic nitrogens is 3. The lowest BCUT2D eigenvalue weighted by Gasteiger charge is -2.41. The van der Waals surface area contributed by atoms with Crippen molar-refractivity contribution in [2.75, 3.05) is 60.5 Å². The molecule has 1 saturated heterocycles. The van der Waals surface area contributed by atoms with Crippen molar-refractivity contribution in [2.24, 2.45) is 0 Å². The molecule has 9 nitrogen and oxygen atoms in total. The van der Waals surface area contributed by atoms with Crippen molar-refractivity contribution in [2.45, 2.75) is 39.2 Å². The number of amides is 2. The van der Waals surface area contributed by atoms with E-state index in [0.29, 0.717) is 47.7 Å². The van der Waals surface area contributed by atoms with Crippen LogP contribution in [-0.4, -0.2) is 81.6 Å². The first-order chi connectivity index (χ1) is 20.7. The van der Waals surface area contributed by atoms with E-state index in [9.17, 15) is 9.59 Å². The molecule has 1 aliphatic rings. The average molecular weight is 626 g/mol. The minimum absolute atomic E-state index is 0.0108. The number of imidazole rings is 1. The van der Waals surface area contributed by atoms with E-state index >= 15 is 0 Å². The average Bonchev–Trinajstić information content (AvgIpc) is 3.63. The van der Waals surface area contributed by atoms with Gasteiger partial charge in [0.25, 0.3) is 5.91 Å². The number of alkyl halides is 2. The number of nitrogens with one attached hydrogen (secondary N) is 2. The molecule has 2 N–H and O–H groups in total. The summed E-state index contributed by atoms with van der Waals surface area (Å²) in [5.74, 6) is 1.40. The number of likely N-dealkylation sites (tertiary alicyclic amines) is 1. The first kappa shape index (κ1) is 30.9. The summed E-state index contributed by atoms with van der Waals surface area (Å²) in [7, 11) is 2.17. The molecule has 1 unspecified atom stereocenters. The fourth-order valence-corrected chi connectivity index (χ4v) is 6.26. The largest absolute Gasteiger partial charge is 0.369 e. The topological polar surface area (TPSA) is 84.2 Å². The summed E-state index contributed by atoms with van der Waals surface area (Å²) in [5, 5.41) is 6.11. The van der Waals surface area contributed by atoms with Gasteiger partial charge in [-0.05, 0) is 75.1 Å². The lowest BCUT2D eigenvalue weighted by Crippen LogP contribution is -2.58. The number of aryl methyl sites for hydroxylation is 1. The third kappa shape index (κ3) is 6.69. The van der Waals surface area contributed by atoms with Gasteiger partial charge in [0.2, 0.25) is 5.95 Å². The Bertz CT molecular complexity index is 1570. The molecule has 1 aliphatic heterocycles. The Hall–Kier alpha value is -3.53. The second-order valence-corrected chi connectivity index (χ2v) is 12.2. The van der Waals surface area contributed by atoms with Gasteiger partial charge >= 0.3 is 6.03 Å². The van der Waals surface area contributed by atoms with Crippen LogP contribution < -0.4 is 15.5 Å². The van der Waals surface area contributed by atoms with E-state index in [1.165, 1.54) is 6.42 Å². The Morgan fingerprint density at radius 2 is 1.67 bits per heavy atom. The fourth-order valence-electron chi connectivity index (χ4n) is 5.86. The molecule has 2 aromatic carbocycles. The van der Waals surface area contributed by atoms with Gasteiger partial charge in [0.1, 0.15) is 0 Å². The Balaban J connectivity index is 1.39. The molecule has 0 aliphatic carbocycles. The van der Waals surface area contributed by atoms with Gasteiger partial charge in [-0.1, -0.05) is 12.1 Å². The summed E-state index contributed by atoms with van der Waals surface area (Å²) < 4.78 is 4.09. The van der Waals surface area contributed by atoms with Gasteiger partial charge in [-0.3, -0.25) is 9.36 Å². The van der Waals surface area contributed by atoms with Crippen molar-refractivity contribution in [3.05, 3.63) is 66.5 Å². The van der Waals surface area contributed by atoms with E-state index in [0.717, 1.165) is 47.2 Å². The summed E-state index contributed by atoms with van der Waals surface area (Å²) in [5.41, 5.74) is 4.67. The van der Waals surface area contributed by atoms with Gasteiger partial charge in [0, 0.05) is 48.6 Å². The minimum atomic E-state index is -0.343. The zero-order valence-electron chi connectivity index (χ0n) is 25.0. The highest BCUT2D eigenvalue weighted by molar-refractivity contribution is 6.18. The van der Waals surface area contributed by atoms with Crippen LogP contribution in [0.25, 0.3) is 17.0 Å². The normalized spacial score (nSPS) is 15.3. The maximum atomic E-state index is 13.8. The molecule has 0 spiro atoms. The number of rotatable bonds is 10. The molecule has 1 atom stereocenters. The maximum Gasteiger partial charge on any atom is 0.333 e. The van der Waals surface area contributed by atoms with E-state index < -0.39 is 0 Å². The summed E-state index contributed by atoms with van der Waals surface area (Å²) in [4.78, 5) is 34.0. The number of para-hydroxylation sites is 1. The van der Waals surface area contributed by atoms with Crippen molar-refractivity contribution < 1.29 is 14.1 Å². The molecule has 228 valence electrons. The van der Waals surface area contributed by atoms with E-state index in [2.05, 4.69) is 22.6 Å². The number of hydrogen-bond acceptors (Lipinski definition) is 4. The van der Waals surface area contributed by atoms with Gasteiger partial charge in [0.15, 0.2) is 6.04 Å². The highest BCUT2D eigenvalue weighted by Crippen LogP contribution is 2.26. The molecule has 3 heterocycles. The number of benzene rings is 2. The predicted octanol–water partition coefficient (Wildman–Crippen LogP) is 6.46. The van der Waals surface area contributed by atoms with E-state index in [4.69, 9.17) is 28.2 Å². The number of fused-ring (bicyclic) bond motifs is 1. The van der Waals surface area contributed by atoms with Crippen molar-refractivity contribution in [1.29, 1.82) is 0 Å². The highest BCUT2D eigenvalue weighted by atomic mass is 35.5. The summed E-state index contributed by atoms with van der Waals surface area (Å²) in [6, 6.07) is 14.7. The third-order valence-corrected chi connectivity index (χ3v) is 8.95. The lowest BCUT2D eigenvalue weighted by molar-refractivity contribution is -0.926. The molecule has 2 amide bonds. The van der Waals surface area contributed by atoms with Crippen LogP contribution in [0.15, 0.2) is 60.9 Å². The highest BCUT2D eigenvalue weighted by Gasteiger charge is 2.36. The number of quaternary nitrogens is 1. The number of carbonyl (C=O) groups is 2. The van der Waals surface area contributed by atoms with Gasteiger partial charge in [-0.25, -0.2) is 14.3 Å². The number of hydrogen-bond donors (Lipinski definition) is 2. The van der Waals surface area contributed by atoms with Crippen molar-refractivity contribution in [1.82, 2.24) is 14.1 Å². The molecule has 0 bridgehead atoms. The Morgan fingerprint density at radius 3 is 2.35 bits per heavy atom. The first-order valence-electron chi connectivity index (χ1n) is 14.8. The van der Waals surface area contributed by atoms with Crippen LogP contribution in [0.3, 0.4) is 0 Å². The minimum Gasteiger partial charge on any atom is -0.369 e. The van der Waals surface area contributed by atoms with Gasteiger partial charge in [-0.2, -0.15) is 0 Å². The van der Waals surface area contributed by atoms with Crippen molar-refractivity contribution >= 4 is 63.2 Å². The Morgan fingerprint density at radius 1 is 0.977 bits per heavy atom. The molecule has 43 heavy (non-hydrogen) atoms. The molecule has 4 aromatic rings. The first-order valence-corrected chi connectivity index (χ1v) is 15.9. The second-order valence-electron chi connectivity index (χ2n) is 11.5. The molecule has 2 aromatic heterocycles. The third-order valence-electron chi connectivity index (χ3n) is 8.61. The van der Waals surface area contributed by atoms with Crippen LogP contribution in [0.4, 0.5) is 21.9 Å². The monoisotopic (exact) mass is 624 g/mol. The molecular weight excluding hydrogens is 585 g/mol. The number of carbonyl (C=O) groups excluding carboxylic acids is 2. The van der Waals surface area contributed by atoms with Crippen molar-refractivity contribution in [3.63, 3.8) is 0 Å². The van der Waals surface area contributed by atoms with E-state index in [1.807, 2.05) is 68.6 Å². The fraction of sp³-hybridized carbons (Fsp3) is 0.406. The molecule has 11 heteroatoms. The molecular formula is C32H40Cl2N7O2+. The SMILES string of the molecule is Cc1cccc2c1nc(-n1ccc(NC(=O)C(C)[N+]3(C)CCCCC3)c1)n2C(=O)Nc1ccc(N(CCCl)CCCl)cc1. The smallest absolute Gasteiger partial charge is 0.333 e. The summed E-state index contributed by atoms with van der Waals surface area (Å²) >= 11 is 11.9. The number of piperidine rings is 1. The number of likely N-dealkylation sites (N-methyl/N-ethyl adjacent to an activating group) is 1. The number of nitrogens with zero attached hydrogens (tertiary/aromatic N) is 5. The molecule has 5 rings (SSSR count). The van der Waals surface area contributed by atoms with Crippen LogP contribution in [0.1, 0.15) is 31.7 Å².